The molecule has 1 heterocycles. The minimum Gasteiger partial charge on any atom is -0.384 e. The fourth-order valence-corrected chi connectivity index (χ4v) is 5.27. The molecule has 0 bridgehead atoms. The lowest BCUT2D eigenvalue weighted by Crippen LogP contribution is -2.48. The van der Waals surface area contributed by atoms with Gasteiger partial charge in [-0.1, -0.05) is 12.1 Å². The lowest BCUT2D eigenvalue weighted by molar-refractivity contribution is 0.584. The highest BCUT2D eigenvalue weighted by Gasteiger charge is 2.33. The number of nitrogens with one attached hydrogen (secondary N) is 1. The molecule has 1 saturated heterocycles. The Morgan fingerprint density at radius 3 is 2.80 bits per heavy atom. The molecule has 0 aliphatic carbocycles. The number of sulfone groups is 1. The van der Waals surface area contributed by atoms with Crippen LogP contribution in [0.15, 0.2) is 18.2 Å². The van der Waals surface area contributed by atoms with Gasteiger partial charge in [0.25, 0.3) is 0 Å². The van der Waals surface area contributed by atoms with E-state index in [1.165, 1.54) is 6.26 Å². The van der Waals surface area contributed by atoms with Gasteiger partial charge in [-0.2, -0.15) is 11.8 Å². The molecule has 1 unspecified atom stereocenters. The largest absolute Gasteiger partial charge is 0.384 e. The number of benzene rings is 1. The van der Waals surface area contributed by atoms with Gasteiger partial charge in [-0.15, -0.1) is 0 Å². The Morgan fingerprint density at radius 1 is 1.50 bits per heavy atom. The van der Waals surface area contributed by atoms with E-state index >= 15 is 0 Å². The van der Waals surface area contributed by atoms with Gasteiger partial charge in [-0.05, 0) is 18.6 Å². The average molecular weight is 313 g/mol. The summed E-state index contributed by atoms with van der Waals surface area (Å²) in [6.45, 7) is 2.57. The zero-order chi connectivity index (χ0) is 14.9. The number of nitrogens with zero attached hydrogens (tertiary/aromatic N) is 1. The van der Waals surface area contributed by atoms with Crippen molar-refractivity contribution < 1.29 is 8.42 Å². The number of nitrogens with two attached hydrogens (primary N) is 1. The molecule has 1 aromatic carbocycles. The quantitative estimate of drug-likeness (QED) is 0.647. The van der Waals surface area contributed by atoms with E-state index in [4.69, 9.17) is 11.1 Å². The van der Waals surface area contributed by atoms with Crippen LogP contribution in [0.1, 0.15) is 11.1 Å². The highest BCUT2D eigenvalue weighted by molar-refractivity contribution is 8.01. The van der Waals surface area contributed by atoms with Crippen LogP contribution in [0.5, 0.6) is 0 Å². The first-order chi connectivity index (χ1) is 9.32. The number of anilines is 1. The molecule has 1 aromatic rings. The second-order valence-electron chi connectivity index (χ2n) is 4.94. The van der Waals surface area contributed by atoms with Gasteiger partial charge in [0, 0.05) is 29.9 Å². The molecule has 1 aliphatic heterocycles. The molecule has 0 radical (unpaired) electrons. The van der Waals surface area contributed by atoms with Crippen LogP contribution in [-0.2, 0) is 9.84 Å². The Morgan fingerprint density at radius 2 is 2.20 bits per heavy atom. The number of para-hydroxylation sites is 1. The van der Waals surface area contributed by atoms with E-state index in [0.29, 0.717) is 17.9 Å². The summed E-state index contributed by atoms with van der Waals surface area (Å²) in [6, 6.07) is 5.53. The molecule has 0 saturated carbocycles. The molecule has 110 valence electrons. The Bertz CT molecular complexity index is 629. The van der Waals surface area contributed by atoms with Gasteiger partial charge in [-0.25, -0.2) is 8.42 Å². The summed E-state index contributed by atoms with van der Waals surface area (Å²) in [5.74, 6) is 1.39. The molecular weight excluding hydrogens is 294 g/mol. The summed E-state index contributed by atoms with van der Waals surface area (Å²) in [5, 5.41) is 7.15. The Kier molecular flexibility index (Phi) is 4.29. The molecule has 0 spiro atoms. The molecule has 3 N–H and O–H groups in total. The number of hydrogen-bond acceptors (Lipinski definition) is 5. The number of nitrogen functional groups attached to an aromatic ring is 1. The second kappa shape index (κ2) is 5.65. The molecule has 1 atom stereocenters. The monoisotopic (exact) mass is 313 g/mol. The second-order valence-corrected chi connectivity index (χ2v) is 8.29. The van der Waals surface area contributed by atoms with Crippen molar-refractivity contribution in [2.75, 3.05) is 29.2 Å². The molecule has 1 fully saturated rings. The van der Waals surface area contributed by atoms with Crippen LogP contribution in [0.4, 0.5) is 5.69 Å². The number of amidine groups is 1. The fraction of sp³-hybridized carbons (Fsp3) is 0.462. The molecular formula is C13H19N3O2S2. The smallest absolute Gasteiger partial charge is 0.169 e. The summed E-state index contributed by atoms with van der Waals surface area (Å²) >= 11 is 1.64. The van der Waals surface area contributed by atoms with E-state index < -0.39 is 15.2 Å². The number of thioether (sulfide) groups is 1. The summed E-state index contributed by atoms with van der Waals surface area (Å²) in [5.41, 5.74) is 7.97. The molecule has 1 aliphatic rings. The SMILES string of the molecule is Cc1cccc(C(=N)N)c1N1CCSCC1S(C)(=O)=O. The van der Waals surface area contributed by atoms with E-state index in [9.17, 15) is 8.42 Å². The van der Waals surface area contributed by atoms with Gasteiger partial charge in [0.05, 0.1) is 5.69 Å². The molecule has 0 amide bonds. The van der Waals surface area contributed by atoms with Crippen molar-refractivity contribution in [3.8, 4) is 0 Å². The van der Waals surface area contributed by atoms with Gasteiger partial charge in [-0.3, -0.25) is 5.41 Å². The molecule has 2 rings (SSSR count). The van der Waals surface area contributed by atoms with Crippen molar-refractivity contribution in [2.24, 2.45) is 5.73 Å². The molecule has 20 heavy (non-hydrogen) atoms. The van der Waals surface area contributed by atoms with Crippen molar-refractivity contribution in [2.45, 2.75) is 12.3 Å². The Hall–Kier alpha value is -1.21. The zero-order valence-corrected chi connectivity index (χ0v) is 13.2. The van der Waals surface area contributed by atoms with Crippen molar-refractivity contribution >= 4 is 33.1 Å². The van der Waals surface area contributed by atoms with Crippen LogP contribution in [0.3, 0.4) is 0 Å². The van der Waals surface area contributed by atoms with Crippen LogP contribution in [0.25, 0.3) is 0 Å². The van der Waals surface area contributed by atoms with Gasteiger partial charge in [0.2, 0.25) is 0 Å². The first-order valence-corrected chi connectivity index (χ1v) is 9.40. The minimum atomic E-state index is -3.19. The van der Waals surface area contributed by atoms with Gasteiger partial charge < -0.3 is 10.6 Å². The van der Waals surface area contributed by atoms with E-state index in [1.807, 2.05) is 24.0 Å². The van der Waals surface area contributed by atoms with Gasteiger partial charge in [0.15, 0.2) is 9.84 Å². The summed E-state index contributed by atoms with van der Waals surface area (Å²) in [7, 11) is -3.19. The zero-order valence-electron chi connectivity index (χ0n) is 11.6. The topological polar surface area (TPSA) is 87.2 Å². The number of rotatable bonds is 3. The predicted octanol–water partition coefficient (Wildman–Crippen LogP) is 1.20. The normalized spacial score (nSPS) is 19.9. The molecule has 5 nitrogen and oxygen atoms in total. The van der Waals surface area contributed by atoms with Crippen molar-refractivity contribution in [3.63, 3.8) is 0 Å². The maximum Gasteiger partial charge on any atom is 0.169 e. The predicted molar refractivity (Wildman–Crippen MR) is 85.5 cm³/mol. The summed E-state index contributed by atoms with van der Waals surface area (Å²) in [4.78, 5) is 1.89. The minimum absolute atomic E-state index is 0.0332. The van der Waals surface area contributed by atoms with Crippen molar-refractivity contribution in [1.82, 2.24) is 0 Å². The van der Waals surface area contributed by atoms with Crippen molar-refractivity contribution in [1.29, 1.82) is 5.41 Å². The van der Waals surface area contributed by atoms with Crippen LogP contribution in [0, 0.1) is 12.3 Å². The van der Waals surface area contributed by atoms with Gasteiger partial charge >= 0.3 is 0 Å². The molecule has 7 heteroatoms. The third-order valence-electron chi connectivity index (χ3n) is 3.39. The Labute approximate surface area is 124 Å². The maximum atomic E-state index is 12.0. The molecule has 0 aromatic heterocycles. The third kappa shape index (κ3) is 2.93. The van der Waals surface area contributed by atoms with Gasteiger partial charge in [0.1, 0.15) is 11.2 Å². The van der Waals surface area contributed by atoms with E-state index in [0.717, 1.165) is 17.0 Å². The number of hydrogen-bond donors (Lipinski definition) is 2. The summed E-state index contributed by atoms with van der Waals surface area (Å²) < 4.78 is 24.0. The highest BCUT2D eigenvalue weighted by atomic mass is 32.2. The van der Waals surface area contributed by atoms with E-state index in [-0.39, 0.29) is 5.84 Å². The maximum absolute atomic E-state index is 12.0. The standard InChI is InChI=1S/C13H19N3O2S2/c1-9-4-3-5-10(13(14)15)12(9)16-6-7-19-8-11(16)20(2,17)18/h3-5,11H,6-8H2,1-2H3,(H3,14,15). The average Bonchev–Trinajstić information content (AvgIpc) is 2.37. The first kappa shape index (κ1) is 15.2. The van der Waals surface area contributed by atoms with Crippen LogP contribution < -0.4 is 10.6 Å². The van der Waals surface area contributed by atoms with Crippen LogP contribution in [0.2, 0.25) is 0 Å². The van der Waals surface area contributed by atoms with E-state index in [2.05, 4.69) is 0 Å². The fourth-order valence-electron chi connectivity index (χ4n) is 2.45. The van der Waals surface area contributed by atoms with Crippen LogP contribution in [-0.4, -0.2) is 43.9 Å². The highest BCUT2D eigenvalue weighted by Crippen LogP contribution is 2.32. The van der Waals surface area contributed by atoms with Crippen LogP contribution >= 0.6 is 11.8 Å². The van der Waals surface area contributed by atoms with Crippen molar-refractivity contribution in [3.05, 3.63) is 29.3 Å². The summed E-state index contributed by atoms with van der Waals surface area (Å²) in [6.07, 6.45) is 1.27. The van der Waals surface area contributed by atoms with E-state index in [1.54, 1.807) is 17.8 Å². The lowest BCUT2D eigenvalue weighted by atomic mass is 10.1. The Balaban J connectivity index is 2.56. The first-order valence-electron chi connectivity index (χ1n) is 6.29. The lowest BCUT2D eigenvalue weighted by Gasteiger charge is -2.37. The number of aryl methyl sites for hydroxylation is 1. The third-order valence-corrected chi connectivity index (χ3v) is 6.04.